The molecule has 1 aromatic rings. The van der Waals surface area contributed by atoms with Crippen LogP contribution in [0.5, 0.6) is 0 Å². The fourth-order valence-corrected chi connectivity index (χ4v) is 2.50. The molecular formula is C15H24N2O. The molecule has 18 heavy (non-hydrogen) atoms. The Hall–Kier alpha value is -1.06. The summed E-state index contributed by atoms with van der Waals surface area (Å²) in [5, 5.41) is 7.08. The van der Waals surface area contributed by atoms with Crippen LogP contribution in [-0.4, -0.2) is 31.8 Å². The van der Waals surface area contributed by atoms with Crippen molar-refractivity contribution in [2.24, 2.45) is 0 Å². The molecule has 3 heteroatoms. The highest BCUT2D eigenvalue weighted by Crippen LogP contribution is 2.18. The monoisotopic (exact) mass is 248 g/mol. The molecule has 0 radical (unpaired) electrons. The topological polar surface area (TPSA) is 33.3 Å². The van der Waals surface area contributed by atoms with Gasteiger partial charge in [-0.3, -0.25) is 0 Å². The van der Waals surface area contributed by atoms with Crippen LogP contribution in [0, 0.1) is 13.8 Å². The van der Waals surface area contributed by atoms with Crippen LogP contribution in [0.25, 0.3) is 0 Å². The molecular weight excluding hydrogens is 224 g/mol. The summed E-state index contributed by atoms with van der Waals surface area (Å²) in [6.45, 7) is 9.17. The van der Waals surface area contributed by atoms with Gasteiger partial charge in [0, 0.05) is 24.3 Å². The third kappa shape index (κ3) is 3.72. The first-order valence-corrected chi connectivity index (χ1v) is 6.80. The van der Waals surface area contributed by atoms with E-state index in [9.17, 15) is 0 Å². The summed E-state index contributed by atoms with van der Waals surface area (Å²) in [5.74, 6) is 0. The predicted molar refractivity (Wildman–Crippen MR) is 76.2 cm³/mol. The van der Waals surface area contributed by atoms with Gasteiger partial charge in [-0.25, -0.2) is 0 Å². The van der Waals surface area contributed by atoms with E-state index in [1.807, 2.05) is 0 Å². The number of hydrogen-bond donors (Lipinski definition) is 2. The molecule has 1 fully saturated rings. The first-order valence-electron chi connectivity index (χ1n) is 6.80. The summed E-state index contributed by atoms with van der Waals surface area (Å²) < 4.78 is 5.48. The molecule has 0 saturated carbocycles. The van der Waals surface area contributed by atoms with E-state index >= 15 is 0 Å². The highest BCUT2D eigenvalue weighted by molar-refractivity contribution is 5.52. The van der Waals surface area contributed by atoms with Crippen LogP contribution in [0.2, 0.25) is 0 Å². The van der Waals surface area contributed by atoms with Crippen molar-refractivity contribution in [1.82, 2.24) is 5.32 Å². The minimum absolute atomic E-state index is 0.450. The zero-order chi connectivity index (χ0) is 13.0. The fourth-order valence-electron chi connectivity index (χ4n) is 2.50. The Balaban J connectivity index is 1.87. The third-order valence-electron chi connectivity index (χ3n) is 3.42. The number of ether oxygens (including phenoxy) is 1. The van der Waals surface area contributed by atoms with E-state index in [0.29, 0.717) is 12.1 Å². The molecule has 100 valence electrons. The van der Waals surface area contributed by atoms with E-state index in [4.69, 9.17) is 4.74 Å². The second-order valence-corrected chi connectivity index (χ2v) is 5.33. The number of aryl methyl sites for hydroxylation is 2. The summed E-state index contributed by atoms with van der Waals surface area (Å²) in [6.07, 6.45) is 1.09. The van der Waals surface area contributed by atoms with Crippen molar-refractivity contribution in [3.63, 3.8) is 0 Å². The van der Waals surface area contributed by atoms with E-state index < -0.39 is 0 Å². The number of nitrogens with one attached hydrogen (secondary N) is 2. The Morgan fingerprint density at radius 3 is 2.94 bits per heavy atom. The van der Waals surface area contributed by atoms with Gasteiger partial charge in [-0.15, -0.1) is 0 Å². The van der Waals surface area contributed by atoms with Gasteiger partial charge < -0.3 is 15.4 Å². The van der Waals surface area contributed by atoms with Gasteiger partial charge in [0.2, 0.25) is 0 Å². The van der Waals surface area contributed by atoms with Crippen LogP contribution in [-0.2, 0) is 4.74 Å². The summed E-state index contributed by atoms with van der Waals surface area (Å²) >= 11 is 0. The standard InChI is InChI=1S/C15H24N2O/c1-11-4-5-15(12(2)8-11)17-13(3)9-14-10-18-7-6-16-14/h4-5,8,13-14,16-17H,6-7,9-10H2,1-3H3. The van der Waals surface area contributed by atoms with Crippen molar-refractivity contribution in [2.75, 3.05) is 25.1 Å². The molecule has 1 aliphatic heterocycles. The Kier molecular flexibility index (Phi) is 4.61. The van der Waals surface area contributed by atoms with Crippen LogP contribution in [0.15, 0.2) is 18.2 Å². The second-order valence-electron chi connectivity index (χ2n) is 5.33. The minimum Gasteiger partial charge on any atom is -0.382 e. The van der Waals surface area contributed by atoms with Crippen molar-refractivity contribution in [1.29, 1.82) is 0 Å². The second kappa shape index (κ2) is 6.21. The van der Waals surface area contributed by atoms with Gasteiger partial charge >= 0.3 is 0 Å². The van der Waals surface area contributed by atoms with Crippen molar-refractivity contribution in [3.05, 3.63) is 29.3 Å². The lowest BCUT2D eigenvalue weighted by Gasteiger charge is -2.27. The summed E-state index contributed by atoms with van der Waals surface area (Å²) in [7, 11) is 0. The molecule has 1 aliphatic rings. The lowest BCUT2D eigenvalue weighted by Crippen LogP contribution is -2.43. The van der Waals surface area contributed by atoms with Crippen LogP contribution >= 0.6 is 0 Å². The van der Waals surface area contributed by atoms with E-state index in [-0.39, 0.29) is 0 Å². The molecule has 0 bridgehead atoms. The predicted octanol–water partition coefficient (Wildman–Crippen LogP) is 2.48. The van der Waals surface area contributed by atoms with Gasteiger partial charge in [-0.2, -0.15) is 0 Å². The number of rotatable bonds is 4. The first-order chi connectivity index (χ1) is 8.65. The Morgan fingerprint density at radius 1 is 1.44 bits per heavy atom. The third-order valence-corrected chi connectivity index (χ3v) is 3.42. The van der Waals surface area contributed by atoms with Crippen LogP contribution in [0.1, 0.15) is 24.5 Å². The number of benzene rings is 1. The van der Waals surface area contributed by atoms with Gasteiger partial charge in [0.15, 0.2) is 0 Å². The number of morpholine rings is 1. The smallest absolute Gasteiger partial charge is 0.0621 e. The highest BCUT2D eigenvalue weighted by atomic mass is 16.5. The highest BCUT2D eigenvalue weighted by Gasteiger charge is 2.16. The number of hydrogen-bond acceptors (Lipinski definition) is 3. The largest absolute Gasteiger partial charge is 0.382 e. The zero-order valence-electron chi connectivity index (χ0n) is 11.6. The summed E-state index contributed by atoms with van der Waals surface area (Å²) in [4.78, 5) is 0. The molecule has 2 unspecified atom stereocenters. The van der Waals surface area contributed by atoms with Crippen molar-refractivity contribution < 1.29 is 4.74 Å². The minimum atomic E-state index is 0.450. The Morgan fingerprint density at radius 2 is 2.28 bits per heavy atom. The molecule has 3 nitrogen and oxygen atoms in total. The molecule has 0 amide bonds. The quantitative estimate of drug-likeness (QED) is 0.859. The Bertz CT molecular complexity index is 386. The summed E-state index contributed by atoms with van der Waals surface area (Å²) in [6, 6.07) is 7.48. The molecule has 2 rings (SSSR count). The maximum absolute atomic E-state index is 5.48. The molecule has 0 aromatic heterocycles. The van der Waals surface area contributed by atoms with Crippen molar-refractivity contribution in [3.8, 4) is 0 Å². The Labute approximate surface area is 110 Å². The molecule has 2 atom stereocenters. The van der Waals surface area contributed by atoms with Crippen molar-refractivity contribution in [2.45, 2.75) is 39.3 Å². The molecule has 1 aromatic carbocycles. The average Bonchev–Trinajstić information content (AvgIpc) is 2.34. The van der Waals surface area contributed by atoms with Gasteiger partial charge in [0.1, 0.15) is 0 Å². The van der Waals surface area contributed by atoms with Crippen LogP contribution < -0.4 is 10.6 Å². The number of anilines is 1. The molecule has 0 aliphatic carbocycles. The summed E-state index contributed by atoms with van der Waals surface area (Å²) in [5.41, 5.74) is 3.87. The molecule has 2 N–H and O–H groups in total. The lowest BCUT2D eigenvalue weighted by atomic mass is 10.1. The maximum atomic E-state index is 5.48. The van der Waals surface area contributed by atoms with Crippen molar-refractivity contribution >= 4 is 5.69 Å². The molecule has 0 spiro atoms. The van der Waals surface area contributed by atoms with E-state index in [1.54, 1.807) is 0 Å². The van der Waals surface area contributed by atoms with Crippen LogP contribution in [0.4, 0.5) is 5.69 Å². The molecule has 1 saturated heterocycles. The van der Waals surface area contributed by atoms with Gasteiger partial charge in [0.25, 0.3) is 0 Å². The van der Waals surface area contributed by atoms with Crippen LogP contribution in [0.3, 0.4) is 0 Å². The zero-order valence-corrected chi connectivity index (χ0v) is 11.6. The lowest BCUT2D eigenvalue weighted by molar-refractivity contribution is 0.0731. The first kappa shape index (κ1) is 13.4. The normalized spacial score (nSPS) is 21.6. The van der Waals surface area contributed by atoms with E-state index in [0.717, 1.165) is 26.2 Å². The van der Waals surface area contributed by atoms with E-state index in [2.05, 4.69) is 49.6 Å². The molecule has 1 heterocycles. The SMILES string of the molecule is Cc1ccc(NC(C)CC2COCCN2)c(C)c1. The average molecular weight is 248 g/mol. The van der Waals surface area contributed by atoms with Gasteiger partial charge in [0.05, 0.1) is 13.2 Å². The van der Waals surface area contributed by atoms with Gasteiger partial charge in [-0.1, -0.05) is 17.7 Å². The van der Waals surface area contributed by atoms with E-state index in [1.165, 1.54) is 16.8 Å². The fraction of sp³-hybridized carbons (Fsp3) is 0.600. The maximum Gasteiger partial charge on any atom is 0.0621 e. The van der Waals surface area contributed by atoms with Gasteiger partial charge in [-0.05, 0) is 38.8 Å².